The van der Waals surface area contributed by atoms with E-state index in [1.54, 1.807) is 0 Å². The molecule has 5 N–H and O–H groups in total. The van der Waals surface area contributed by atoms with Gasteiger partial charge in [-0.1, -0.05) is 89.6 Å². The zero-order chi connectivity index (χ0) is 54.2. The van der Waals surface area contributed by atoms with Crippen molar-refractivity contribution < 1.29 is 46.1 Å². The SMILES string of the molecule is C.Cc1nnn2c1-c1ccc(C3=CCN(C(C)C)CC3)cc1[C@@H](Nc1cccc(Cl)c1)CC2.Cc1nnn2c1-c1ccc(C3=CCNCC3)cc1[C@@H](Nc1cccc(Cl)c1)CC2.O=C(O)C(F)(F)F.O=C(O)C(F)(F)F. The fraction of sp³-hybridized carbons (Fsp3) is 0.370. The smallest absolute Gasteiger partial charge is 0.475 e. The van der Waals surface area contributed by atoms with Crippen molar-refractivity contribution in [1.82, 2.24) is 40.2 Å². The van der Waals surface area contributed by atoms with Gasteiger partial charge in [0.25, 0.3) is 0 Å². The first kappa shape index (κ1) is 58.5. The molecular formula is C54H60Cl2F6N10O4. The van der Waals surface area contributed by atoms with Gasteiger partial charge in [-0.15, -0.1) is 10.2 Å². The summed E-state index contributed by atoms with van der Waals surface area (Å²) >= 11 is 12.5. The first-order valence-electron chi connectivity index (χ1n) is 24.1. The van der Waals surface area contributed by atoms with Crippen molar-refractivity contribution in [2.75, 3.05) is 36.8 Å². The van der Waals surface area contributed by atoms with Crippen LogP contribution in [0, 0.1) is 13.8 Å². The Balaban J connectivity index is 0.000000196. The molecule has 0 amide bonds. The summed E-state index contributed by atoms with van der Waals surface area (Å²) in [5, 5.41) is 44.1. The number of alkyl halides is 6. The van der Waals surface area contributed by atoms with Crippen LogP contribution in [0.15, 0.2) is 97.1 Å². The van der Waals surface area contributed by atoms with E-state index in [-0.39, 0.29) is 19.5 Å². The van der Waals surface area contributed by atoms with Gasteiger partial charge in [-0.3, -0.25) is 4.90 Å². The minimum atomic E-state index is -5.08. The average molecular weight is 1100 g/mol. The van der Waals surface area contributed by atoms with E-state index in [4.69, 9.17) is 43.0 Å². The van der Waals surface area contributed by atoms with Crippen LogP contribution in [0.2, 0.25) is 10.0 Å². The predicted octanol–water partition coefficient (Wildman–Crippen LogP) is 12.7. The maximum absolute atomic E-state index is 10.6. The molecule has 0 saturated heterocycles. The molecule has 6 heterocycles. The molecule has 0 bridgehead atoms. The molecule has 10 rings (SSSR count). The third kappa shape index (κ3) is 14.8. The van der Waals surface area contributed by atoms with E-state index in [9.17, 15) is 26.3 Å². The number of benzene rings is 4. The molecule has 6 aromatic rings. The lowest BCUT2D eigenvalue weighted by Gasteiger charge is -2.30. The largest absolute Gasteiger partial charge is 0.490 e. The minimum Gasteiger partial charge on any atom is -0.475 e. The van der Waals surface area contributed by atoms with Gasteiger partial charge in [0.2, 0.25) is 0 Å². The Morgan fingerprint density at radius 1 is 0.671 bits per heavy atom. The van der Waals surface area contributed by atoms with Gasteiger partial charge in [0.05, 0.1) is 34.9 Å². The predicted molar refractivity (Wildman–Crippen MR) is 284 cm³/mol. The van der Waals surface area contributed by atoms with Gasteiger partial charge in [0, 0.05) is 71.3 Å². The number of aliphatic carboxylic acids is 2. The second-order valence-corrected chi connectivity index (χ2v) is 19.3. The molecular weight excluding hydrogens is 1040 g/mol. The molecule has 0 radical (unpaired) electrons. The average Bonchev–Trinajstić information content (AvgIpc) is 3.84. The number of carbonyl (C=O) groups is 2. The lowest BCUT2D eigenvalue weighted by molar-refractivity contribution is -0.193. The van der Waals surface area contributed by atoms with E-state index in [0.29, 0.717) is 6.04 Å². The molecule has 2 aromatic heterocycles. The van der Waals surface area contributed by atoms with Crippen LogP contribution in [0.1, 0.15) is 92.7 Å². The number of aromatic nitrogens is 6. The lowest BCUT2D eigenvalue weighted by Crippen LogP contribution is -2.34. The van der Waals surface area contributed by atoms with Crippen LogP contribution < -0.4 is 16.0 Å². The van der Waals surface area contributed by atoms with Crippen LogP contribution in [0.5, 0.6) is 0 Å². The van der Waals surface area contributed by atoms with E-state index < -0.39 is 24.3 Å². The number of carboxylic acids is 2. The Morgan fingerprint density at radius 3 is 1.49 bits per heavy atom. The topological polar surface area (TPSA) is 175 Å². The quantitative estimate of drug-likeness (QED) is 0.0959. The van der Waals surface area contributed by atoms with E-state index >= 15 is 0 Å². The van der Waals surface area contributed by atoms with Crippen LogP contribution in [-0.4, -0.2) is 102 Å². The molecule has 0 spiro atoms. The van der Waals surface area contributed by atoms with Gasteiger partial charge < -0.3 is 26.2 Å². The van der Waals surface area contributed by atoms with E-state index in [1.807, 2.05) is 59.6 Å². The molecule has 4 aliphatic heterocycles. The molecule has 4 aliphatic rings. The summed E-state index contributed by atoms with van der Waals surface area (Å²) < 4.78 is 67.6. The highest BCUT2D eigenvalue weighted by Crippen LogP contribution is 2.41. The van der Waals surface area contributed by atoms with Crippen molar-refractivity contribution in [3.05, 3.63) is 141 Å². The number of nitrogens with one attached hydrogen (secondary N) is 3. The molecule has 0 unspecified atom stereocenters. The number of nitrogens with zero attached hydrogens (tertiary/aromatic N) is 7. The van der Waals surface area contributed by atoms with Crippen LogP contribution in [0.4, 0.5) is 37.7 Å². The van der Waals surface area contributed by atoms with Gasteiger partial charge in [-0.2, -0.15) is 26.3 Å². The summed E-state index contributed by atoms with van der Waals surface area (Å²) in [5.74, 6) is -5.51. The molecule has 76 heavy (non-hydrogen) atoms. The van der Waals surface area contributed by atoms with Gasteiger partial charge in [-0.25, -0.2) is 19.0 Å². The van der Waals surface area contributed by atoms with Crippen LogP contribution in [0.3, 0.4) is 0 Å². The van der Waals surface area contributed by atoms with Crippen molar-refractivity contribution in [3.63, 3.8) is 0 Å². The molecule has 22 heteroatoms. The fourth-order valence-electron chi connectivity index (χ4n) is 9.29. The number of carboxylic acid groups (broad SMARTS) is 2. The standard InChI is InChI=1S/C26H30ClN5.C23H24ClN5.2C2HF3O2.CH4/c1-17(2)31-12-9-19(10-13-31)20-7-8-23-24(15-20)25(28-22-6-4-5-21(27)16-22)11-14-32-26(23)18(3)29-30-32;1-15-23-20-6-5-17(16-7-10-25-11-8-16)13-21(20)22(9-12-29(23)28-27-15)26-19-4-2-3-18(24)14-19;2*3-2(4,5)1(6)7;/h4-9,15-17,25,28H,10-14H2,1-3H3;2-7,13-14,22,25-26H,8-12H2,1H3;2*(H,6,7);1H4/t25-;22-;;;/m00.../s1. The van der Waals surface area contributed by atoms with E-state index in [2.05, 4.69) is 116 Å². The first-order valence-corrected chi connectivity index (χ1v) is 24.9. The molecule has 2 atom stereocenters. The monoisotopic (exact) mass is 1100 g/mol. The van der Waals surface area contributed by atoms with Crippen LogP contribution >= 0.6 is 23.2 Å². The van der Waals surface area contributed by atoms with Gasteiger partial charge >= 0.3 is 24.3 Å². The summed E-state index contributed by atoms with van der Waals surface area (Å²) in [6.45, 7) is 14.4. The number of aryl methyl sites for hydroxylation is 4. The molecule has 0 fully saturated rings. The molecule has 14 nitrogen and oxygen atoms in total. The maximum atomic E-state index is 10.6. The Labute approximate surface area is 446 Å². The zero-order valence-corrected chi connectivity index (χ0v) is 42.9. The highest BCUT2D eigenvalue weighted by molar-refractivity contribution is 6.31. The summed E-state index contributed by atoms with van der Waals surface area (Å²) in [7, 11) is 0. The van der Waals surface area contributed by atoms with Crippen LogP contribution in [0.25, 0.3) is 33.7 Å². The highest BCUT2D eigenvalue weighted by atomic mass is 35.5. The second-order valence-electron chi connectivity index (χ2n) is 18.4. The fourth-order valence-corrected chi connectivity index (χ4v) is 9.67. The highest BCUT2D eigenvalue weighted by Gasteiger charge is 2.39. The molecule has 0 aliphatic carbocycles. The minimum absolute atomic E-state index is 0. The van der Waals surface area contributed by atoms with Gasteiger partial charge in [0.1, 0.15) is 0 Å². The van der Waals surface area contributed by atoms with Crippen molar-refractivity contribution in [3.8, 4) is 22.5 Å². The number of rotatable bonds is 7. The Morgan fingerprint density at radius 2 is 1.12 bits per heavy atom. The van der Waals surface area contributed by atoms with Crippen molar-refractivity contribution in [1.29, 1.82) is 0 Å². The maximum Gasteiger partial charge on any atom is 0.490 e. The summed E-state index contributed by atoms with van der Waals surface area (Å²) in [5.41, 5.74) is 16.8. The van der Waals surface area contributed by atoms with Crippen LogP contribution in [-0.2, 0) is 22.7 Å². The normalized spacial score (nSPS) is 17.0. The number of hydrogen-bond donors (Lipinski definition) is 5. The van der Waals surface area contributed by atoms with Gasteiger partial charge in [0.15, 0.2) is 0 Å². The zero-order valence-electron chi connectivity index (χ0n) is 41.4. The van der Waals surface area contributed by atoms with Crippen molar-refractivity contribution >= 4 is 57.7 Å². The summed E-state index contributed by atoms with van der Waals surface area (Å²) in [4.78, 5) is 20.3. The Hall–Kier alpha value is -6.74. The lowest BCUT2D eigenvalue weighted by atomic mass is 9.90. The number of fused-ring (bicyclic) bond motifs is 6. The first-order chi connectivity index (χ1) is 35.6. The Kier molecular flexibility index (Phi) is 19.6. The third-order valence-electron chi connectivity index (χ3n) is 13.0. The number of hydrogen-bond acceptors (Lipinski definition) is 10. The number of halogens is 8. The summed E-state index contributed by atoms with van der Waals surface area (Å²) in [6, 6.07) is 30.6. The summed E-state index contributed by atoms with van der Waals surface area (Å²) in [6.07, 6.45) is -1.46. The van der Waals surface area contributed by atoms with Crippen molar-refractivity contribution in [2.24, 2.45) is 0 Å². The molecule has 4 aromatic carbocycles. The third-order valence-corrected chi connectivity index (χ3v) is 13.5. The van der Waals surface area contributed by atoms with Gasteiger partial charge in [-0.05, 0) is 142 Å². The molecule has 0 saturated carbocycles. The number of anilines is 2. The van der Waals surface area contributed by atoms with Crippen molar-refractivity contribution in [2.45, 2.75) is 104 Å². The molecule has 406 valence electrons. The van der Waals surface area contributed by atoms with E-state index in [1.165, 1.54) is 44.5 Å². The Bertz CT molecular complexity index is 3040. The second kappa shape index (κ2) is 25.4. The van der Waals surface area contributed by atoms with E-state index in [0.717, 1.165) is 109 Å².